The molecular weight excluding hydrogens is 310 g/mol. The minimum Gasteiger partial charge on any atom is -0.373 e. The van der Waals surface area contributed by atoms with E-state index in [4.69, 9.17) is 16.3 Å². The highest BCUT2D eigenvalue weighted by Crippen LogP contribution is 2.26. The van der Waals surface area contributed by atoms with Gasteiger partial charge in [0.1, 0.15) is 0 Å². The maximum absolute atomic E-state index is 12.1. The Morgan fingerprint density at radius 3 is 2.68 bits per heavy atom. The van der Waals surface area contributed by atoms with Crippen LogP contribution in [0.4, 0.5) is 11.4 Å². The lowest BCUT2D eigenvalue weighted by Gasteiger charge is -2.34. The van der Waals surface area contributed by atoms with E-state index in [2.05, 4.69) is 5.32 Å². The molecule has 0 saturated carbocycles. The third-order valence-corrected chi connectivity index (χ3v) is 3.63. The molecule has 1 fully saturated rings. The Morgan fingerprint density at radius 2 is 2.09 bits per heavy atom. The van der Waals surface area contributed by atoms with Crippen molar-refractivity contribution in [3.8, 4) is 0 Å². The van der Waals surface area contributed by atoms with E-state index < -0.39 is 4.92 Å². The van der Waals surface area contributed by atoms with Gasteiger partial charge in [0.25, 0.3) is 5.69 Å². The van der Waals surface area contributed by atoms with Crippen LogP contribution in [0.5, 0.6) is 0 Å². The molecule has 1 heterocycles. The van der Waals surface area contributed by atoms with Gasteiger partial charge in [0, 0.05) is 25.2 Å². The maximum Gasteiger partial charge on any atom is 0.271 e. The van der Waals surface area contributed by atoms with Crippen LogP contribution in [0.3, 0.4) is 0 Å². The van der Waals surface area contributed by atoms with Gasteiger partial charge in [0.05, 0.1) is 34.4 Å². The molecule has 0 bridgehead atoms. The molecule has 0 radical (unpaired) electrons. The maximum atomic E-state index is 12.1. The van der Waals surface area contributed by atoms with Crippen LogP contribution in [-0.4, -0.2) is 47.6 Å². The Kier molecular flexibility index (Phi) is 5.33. The number of benzene rings is 1. The number of nitrogens with one attached hydrogen (secondary N) is 1. The Bertz CT molecular complexity index is 571. The minimum atomic E-state index is -0.530. The molecule has 1 amide bonds. The van der Waals surface area contributed by atoms with Crippen LogP contribution in [-0.2, 0) is 9.53 Å². The monoisotopic (exact) mass is 327 g/mol. The molecule has 1 aromatic rings. The molecule has 0 spiro atoms. The number of amides is 1. The van der Waals surface area contributed by atoms with Gasteiger partial charge in [-0.1, -0.05) is 11.6 Å². The van der Waals surface area contributed by atoms with E-state index in [0.29, 0.717) is 13.1 Å². The van der Waals surface area contributed by atoms with E-state index in [1.54, 1.807) is 0 Å². The highest BCUT2D eigenvalue weighted by atomic mass is 35.5. The first-order chi connectivity index (χ1) is 10.3. The van der Waals surface area contributed by atoms with Gasteiger partial charge in [-0.2, -0.15) is 0 Å². The van der Waals surface area contributed by atoms with Crippen LogP contribution in [0.15, 0.2) is 18.2 Å². The molecule has 120 valence electrons. The van der Waals surface area contributed by atoms with Crippen LogP contribution in [0.1, 0.15) is 13.8 Å². The van der Waals surface area contributed by atoms with Gasteiger partial charge < -0.3 is 10.1 Å². The molecule has 2 atom stereocenters. The minimum absolute atomic E-state index is 0.0675. The Labute approximate surface area is 133 Å². The van der Waals surface area contributed by atoms with Crippen molar-refractivity contribution in [2.45, 2.75) is 26.1 Å². The van der Waals surface area contributed by atoms with Crippen LogP contribution >= 0.6 is 11.6 Å². The van der Waals surface area contributed by atoms with Gasteiger partial charge in [-0.05, 0) is 19.9 Å². The number of anilines is 1. The highest BCUT2D eigenvalue weighted by molar-refractivity contribution is 6.33. The number of carbonyl (C=O) groups excluding carboxylic acids is 1. The van der Waals surface area contributed by atoms with E-state index >= 15 is 0 Å². The van der Waals surface area contributed by atoms with Crippen molar-refractivity contribution in [2.24, 2.45) is 0 Å². The second-order valence-corrected chi connectivity index (χ2v) is 5.83. The van der Waals surface area contributed by atoms with E-state index in [-0.39, 0.29) is 41.1 Å². The molecule has 7 nitrogen and oxygen atoms in total. The number of hydrogen-bond donors (Lipinski definition) is 1. The summed E-state index contributed by atoms with van der Waals surface area (Å²) >= 11 is 5.96. The SMILES string of the molecule is C[C@@H]1CN(CC(=O)Nc2cc([N+](=O)[O-])ccc2Cl)C[C@@H](C)O1. The number of nitrogens with zero attached hydrogens (tertiary/aromatic N) is 2. The molecule has 1 aliphatic rings. The largest absolute Gasteiger partial charge is 0.373 e. The zero-order valence-electron chi connectivity index (χ0n) is 12.4. The van der Waals surface area contributed by atoms with Crippen LogP contribution in [0.25, 0.3) is 0 Å². The van der Waals surface area contributed by atoms with Gasteiger partial charge in [-0.15, -0.1) is 0 Å². The third kappa shape index (κ3) is 4.40. The molecule has 22 heavy (non-hydrogen) atoms. The number of non-ortho nitro benzene ring substituents is 1. The fourth-order valence-electron chi connectivity index (χ4n) is 2.53. The topological polar surface area (TPSA) is 84.7 Å². The second kappa shape index (κ2) is 7.04. The molecule has 2 rings (SSSR count). The van der Waals surface area contributed by atoms with Crippen LogP contribution < -0.4 is 5.32 Å². The fraction of sp³-hybridized carbons (Fsp3) is 0.500. The molecule has 8 heteroatoms. The van der Waals surface area contributed by atoms with Crippen molar-refractivity contribution in [3.63, 3.8) is 0 Å². The Hall–Kier alpha value is -1.70. The van der Waals surface area contributed by atoms with Gasteiger partial charge in [0.2, 0.25) is 5.91 Å². The highest BCUT2D eigenvalue weighted by Gasteiger charge is 2.24. The van der Waals surface area contributed by atoms with Crippen molar-refractivity contribution < 1.29 is 14.5 Å². The number of carbonyl (C=O) groups is 1. The quantitative estimate of drug-likeness (QED) is 0.677. The number of hydrogen-bond acceptors (Lipinski definition) is 5. The average Bonchev–Trinajstić information content (AvgIpc) is 2.39. The summed E-state index contributed by atoms with van der Waals surface area (Å²) in [7, 11) is 0. The number of nitro benzene ring substituents is 1. The van der Waals surface area contributed by atoms with Gasteiger partial charge in [0.15, 0.2) is 0 Å². The van der Waals surface area contributed by atoms with Crippen molar-refractivity contribution in [1.82, 2.24) is 4.90 Å². The summed E-state index contributed by atoms with van der Waals surface area (Å²) in [6.45, 7) is 5.44. The lowest BCUT2D eigenvalue weighted by molar-refractivity contribution is -0.384. The fourth-order valence-corrected chi connectivity index (χ4v) is 2.69. The number of nitro groups is 1. The number of halogens is 1. The standard InChI is InChI=1S/C14H18ClN3O4/c1-9-6-17(7-10(2)22-9)8-14(19)16-13-5-11(18(20)21)3-4-12(13)15/h3-5,9-10H,6-8H2,1-2H3,(H,16,19)/t9-,10-/m1/s1. The van der Waals surface area contributed by atoms with Crippen molar-refractivity contribution in [3.05, 3.63) is 33.3 Å². The van der Waals surface area contributed by atoms with E-state index in [0.717, 1.165) is 0 Å². The first-order valence-corrected chi connectivity index (χ1v) is 7.34. The average molecular weight is 328 g/mol. The molecular formula is C14H18ClN3O4. The van der Waals surface area contributed by atoms with Crippen LogP contribution in [0, 0.1) is 10.1 Å². The molecule has 1 saturated heterocycles. The summed E-state index contributed by atoms with van der Waals surface area (Å²) in [5, 5.41) is 13.7. The number of rotatable bonds is 4. The predicted molar refractivity (Wildman–Crippen MR) is 83.2 cm³/mol. The summed E-state index contributed by atoms with van der Waals surface area (Å²) in [5.41, 5.74) is 0.128. The number of ether oxygens (including phenoxy) is 1. The van der Waals surface area contributed by atoms with Gasteiger partial charge in [-0.25, -0.2) is 0 Å². The normalized spacial score (nSPS) is 22.3. The number of morpholine rings is 1. The Balaban J connectivity index is 2.00. The molecule has 1 aromatic carbocycles. The smallest absolute Gasteiger partial charge is 0.271 e. The van der Waals surface area contributed by atoms with E-state index in [9.17, 15) is 14.9 Å². The van der Waals surface area contributed by atoms with Crippen LogP contribution in [0.2, 0.25) is 5.02 Å². The first-order valence-electron chi connectivity index (χ1n) is 6.96. The van der Waals surface area contributed by atoms with Crippen molar-refractivity contribution >= 4 is 28.9 Å². The van der Waals surface area contributed by atoms with Gasteiger partial charge in [-0.3, -0.25) is 19.8 Å². The molecule has 0 aliphatic carbocycles. The van der Waals surface area contributed by atoms with Crippen molar-refractivity contribution in [2.75, 3.05) is 25.0 Å². The van der Waals surface area contributed by atoms with E-state index in [1.165, 1.54) is 18.2 Å². The summed E-state index contributed by atoms with van der Waals surface area (Å²) in [6.07, 6.45) is 0.135. The summed E-state index contributed by atoms with van der Waals surface area (Å²) in [6, 6.07) is 3.95. The molecule has 0 unspecified atom stereocenters. The Morgan fingerprint density at radius 1 is 1.45 bits per heavy atom. The van der Waals surface area contributed by atoms with Gasteiger partial charge >= 0.3 is 0 Å². The lowest BCUT2D eigenvalue weighted by Crippen LogP contribution is -2.48. The van der Waals surface area contributed by atoms with Crippen molar-refractivity contribution in [1.29, 1.82) is 0 Å². The lowest BCUT2D eigenvalue weighted by atomic mass is 10.2. The second-order valence-electron chi connectivity index (χ2n) is 5.42. The molecule has 1 N–H and O–H groups in total. The molecule has 1 aliphatic heterocycles. The summed E-state index contributed by atoms with van der Waals surface area (Å²) in [5.74, 6) is -0.260. The third-order valence-electron chi connectivity index (χ3n) is 3.30. The summed E-state index contributed by atoms with van der Waals surface area (Å²) < 4.78 is 5.61. The zero-order chi connectivity index (χ0) is 16.3. The first kappa shape index (κ1) is 16.7. The molecule has 0 aromatic heterocycles. The van der Waals surface area contributed by atoms with E-state index in [1.807, 2.05) is 18.7 Å². The zero-order valence-corrected chi connectivity index (χ0v) is 13.2. The predicted octanol–water partition coefficient (Wildman–Crippen LogP) is 2.30. The summed E-state index contributed by atoms with van der Waals surface area (Å²) in [4.78, 5) is 24.3.